The number of nitrogens with one attached hydrogen (secondary N) is 1. The van der Waals surface area contributed by atoms with E-state index in [1.165, 1.54) is 11.3 Å². The van der Waals surface area contributed by atoms with Gasteiger partial charge in [-0.05, 0) is 19.3 Å². The van der Waals surface area contributed by atoms with Crippen LogP contribution in [0, 0.1) is 18.8 Å². The van der Waals surface area contributed by atoms with Gasteiger partial charge in [0.05, 0.1) is 16.6 Å². The van der Waals surface area contributed by atoms with Crippen molar-refractivity contribution in [2.75, 3.05) is 6.54 Å². The molecule has 0 aliphatic carbocycles. The van der Waals surface area contributed by atoms with Gasteiger partial charge in [0.15, 0.2) is 0 Å². The van der Waals surface area contributed by atoms with Crippen LogP contribution in [0.5, 0.6) is 0 Å². The number of hydrogen-bond donors (Lipinski definition) is 2. The van der Waals surface area contributed by atoms with E-state index in [0.29, 0.717) is 17.0 Å². The molecule has 1 atom stereocenters. The molecule has 2 N–H and O–H groups in total. The number of carbonyl (C=O) groups is 2. The molecule has 0 radical (unpaired) electrons. The highest BCUT2D eigenvalue weighted by molar-refractivity contribution is 7.14. The first-order chi connectivity index (χ1) is 11.4. The van der Waals surface area contributed by atoms with Gasteiger partial charge in [0.2, 0.25) is 0 Å². The minimum absolute atomic E-state index is 0.123. The van der Waals surface area contributed by atoms with Gasteiger partial charge < -0.3 is 10.4 Å². The summed E-state index contributed by atoms with van der Waals surface area (Å²) in [4.78, 5) is 28.8. The van der Waals surface area contributed by atoms with Crippen molar-refractivity contribution in [3.63, 3.8) is 0 Å². The average molecular weight is 346 g/mol. The van der Waals surface area contributed by atoms with Crippen molar-refractivity contribution in [1.29, 1.82) is 0 Å². The molecule has 1 amide bonds. The Bertz CT molecular complexity index is 710. The maximum Gasteiger partial charge on any atom is 0.308 e. The molecule has 2 rings (SSSR count). The molecular weight excluding hydrogens is 324 g/mol. The topological polar surface area (TPSA) is 79.3 Å². The maximum atomic E-state index is 12.5. The van der Waals surface area contributed by atoms with Gasteiger partial charge in [-0.15, -0.1) is 11.3 Å². The first-order valence-corrected chi connectivity index (χ1v) is 8.74. The Kier molecular flexibility index (Phi) is 6.09. The summed E-state index contributed by atoms with van der Waals surface area (Å²) in [5.74, 6) is -1.47. The van der Waals surface area contributed by atoms with E-state index in [4.69, 9.17) is 0 Å². The van der Waals surface area contributed by atoms with Crippen LogP contribution in [0.4, 0.5) is 0 Å². The molecule has 0 aliphatic heterocycles. The fourth-order valence-electron chi connectivity index (χ4n) is 2.51. The summed E-state index contributed by atoms with van der Waals surface area (Å²) < 4.78 is 0. The molecule has 128 valence electrons. The third-order valence-corrected chi connectivity index (χ3v) is 4.57. The number of benzene rings is 1. The normalized spacial score (nSPS) is 12.2. The SMILES string of the molecule is Cc1nc(-c2ccccc2)c(C(=O)NCC(CC(C)C)C(=O)O)s1. The van der Waals surface area contributed by atoms with Crippen LogP contribution in [0.2, 0.25) is 0 Å². The van der Waals surface area contributed by atoms with Gasteiger partial charge in [-0.2, -0.15) is 0 Å². The summed E-state index contributed by atoms with van der Waals surface area (Å²) in [5, 5.41) is 12.8. The highest BCUT2D eigenvalue weighted by Crippen LogP contribution is 2.27. The molecule has 1 aromatic carbocycles. The van der Waals surface area contributed by atoms with Crippen molar-refractivity contribution in [3.8, 4) is 11.3 Å². The maximum absolute atomic E-state index is 12.5. The van der Waals surface area contributed by atoms with E-state index < -0.39 is 11.9 Å². The van der Waals surface area contributed by atoms with Crippen LogP contribution in [0.1, 0.15) is 34.9 Å². The predicted molar refractivity (Wildman–Crippen MR) is 95.2 cm³/mol. The molecule has 0 saturated carbocycles. The van der Waals surface area contributed by atoms with E-state index in [9.17, 15) is 14.7 Å². The number of thiazole rings is 1. The second-order valence-corrected chi connectivity index (χ2v) is 7.35. The molecule has 6 heteroatoms. The van der Waals surface area contributed by atoms with Gasteiger partial charge in [-0.1, -0.05) is 44.2 Å². The standard InChI is InChI=1S/C18H22N2O3S/c1-11(2)9-14(18(22)23)10-19-17(21)16-15(20-12(3)24-16)13-7-5-4-6-8-13/h4-8,11,14H,9-10H2,1-3H3,(H,19,21)(H,22,23). The molecule has 0 bridgehead atoms. The Morgan fingerprint density at radius 2 is 1.92 bits per heavy atom. The lowest BCUT2D eigenvalue weighted by molar-refractivity contribution is -0.142. The van der Waals surface area contributed by atoms with E-state index in [-0.39, 0.29) is 18.4 Å². The molecule has 1 unspecified atom stereocenters. The fourth-order valence-corrected chi connectivity index (χ4v) is 3.37. The quantitative estimate of drug-likeness (QED) is 0.803. The van der Waals surface area contributed by atoms with Crippen molar-refractivity contribution in [3.05, 3.63) is 40.2 Å². The number of carboxylic acid groups (broad SMARTS) is 1. The number of nitrogens with zero attached hydrogens (tertiary/aromatic N) is 1. The lowest BCUT2D eigenvalue weighted by atomic mass is 9.97. The average Bonchev–Trinajstić information content (AvgIpc) is 2.93. The Morgan fingerprint density at radius 1 is 1.25 bits per heavy atom. The molecule has 24 heavy (non-hydrogen) atoms. The summed E-state index contributed by atoms with van der Waals surface area (Å²) in [6.45, 7) is 5.92. The first kappa shape index (κ1) is 18.1. The number of aryl methyl sites for hydroxylation is 1. The lowest BCUT2D eigenvalue weighted by Crippen LogP contribution is -2.33. The molecule has 2 aromatic rings. The number of hydrogen-bond acceptors (Lipinski definition) is 4. The Balaban J connectivity index is 2.14. The predicted octanol–water partition coefficient (Wildman–Crippen LogP) is 3.60. The zero-order valence-corrected chi connectivity index (χ0v) is 14.9. The third kappa shape index (κ3) is 4.64. The van der Waals surface area contributed by atoms with E-state index in [1.54, 1.807) is 0 Å². The smallest absolute Gasteiger partial charge is 0.308 e. The summed E-state index contributed by atoms with van der Waals surface area (Å²) in [6, 6.07) is 9.52. The van der Waals surface area contributed by atoms with Crippen molar-refractivity contribution < 1.29 is 14.7 Å². The van der Waals surface area contributed by atoms with Crippen molar-refractivity contribution >= 4 is 23.2 Å². The van der Waals surface area contributed by atoms with E-state index in [2.05, 4.69) is 10.3 Å². The minimum atomic E-state index is -0.882. The fraction of sp³-hybridized carbons (Fsp3) is 0.389. The Labute approximate surface area is 145 Å². The number of amides is 1. The molecule has 5 nitrogen and oxygen atoms in total. The van der Waals surface area contributed by atoms with Gasteiger partial charge in [0, 0.05) is 12.1 Å². The van der Waals surface area contributed by atoms with E-state index >= 15 is 0 Å². The van der Waals surface area contributed by atoms with E-state index in [1.807, 2.05) is 51.1 Å². The largest absolute Gasteiger partial charge is 0.481 e. The third-order valence-electron chi connectivity index (χ3n) is 3.60. The van der Waals surface area contributed by atoms with Crippen molar-refractivity contribution in [2.24, 2.45) is 11.8 Å². The zero-order valence-electron chi connectivity index (χ0n) is 14.1. The highest BCUT2D eigenvalue weighted by atomic mass is 32.1. The molecule has 0 aliphatic rings. The van der Waals surface area contributed by atoms with Crippen molar-refractivity contribution in [1.82, 2.24) is 10.3 Å². The van der Waals surface area contributed by atoms with E-state index in [0.717, 1.165) is 10.6 Å². The van der Waals surface area contributed by atoms with Crippen LogP contribution in [0.25, 0.3) is 11.3 Å². The van der Waals surface area contributed by atoms with Gasteiger partial charge in [0.1, 0.15) is 4.88 Å². The molecule has 0 saturated heterocycles. The number of aromatic nitrogens is 1. The monoisotopic (exact) mass is 346 g/mol. The van der Waals surface area contributed by atoms with Crippen LogP contribution in [-0.2, 0) is 4.79 Å². The van der Waals surface area contributed by atoms with Gasteiger partial charge in [0.25, 0.3) is 5.91 Å². The summed E-state index contributed by atoms with van der Waals surface area (Å²) in [5.41, 5.74) is 1.52. The Morgan fingerprint density at radius 3 is 2.50 bits per heavy atom. The molecule has 0 fully saturated rings. The van der Waals surface area contributed by atoms with Gasteiger partial charge in [-0.3, -0.25) is 9.59 Å². The zero-order chi connectivity index (χ0) is 17.7. The van der Waals surface area contributed by atoms with Crippen LogP contribution in [0.3, 0.4) is 0 Å². The number of carboxylic acids is 1. The minimum Gasteiger partial charge on any atom is -0.481 e. The van der Waals surface area contributed by atoms with Crippen LogP contribution < -0.4 is 5.32 Å². The number of carbonyl (C=O) groups excluding carboxylic acids is 1. The Hall–Kier alpha value is -2.21. The van der Waals surface area contributed by atoms with Crippen LogP contribution >= 0.6 is 11.3 Å². The summed E-state index contributed by atoms with van der Waals surface area (Å²) in [7, 11) is 0. The molecule has 0 spiro atoms. The molecule has 1 aromatic heterocycles. The van der Waals surface area contributed by atoms with Crippen LogP contribution in [-0.4, -0.2) is 28.5 Å². The molecule has 1 heterocycles. The summed E-state index contributed by atoms with van der Waals surface area (Å²) in [6.07, 6.45) is 0.531. The first-order valence-electron chi connectivity index (χ1n) is 7.92. The van der Waals surface area contributed by atoms with Crippen LogP contribution in [0.15, 0.2) is 30.3 Å². The van der Waals surface area contributed by atoms with Gasteiger partial charge >= 0.3 is 5.97 Å². The molecular formula is C18H22N2O3S. The summed E-state index contributed by atoms with van der Waals surface area (Å²) >= 11 is 1.32. The number of aliphatic carboxylic acids is 1. The lowest BCUT2D eigenvalue weighted by Gasteiger charge is -2.15. The highest BCUT2D eigenvalue weighted by Gasteiger charge is 2.22. The second kappa shape index (κ2) is 8.06. The van der Waals surface area contributed by atoms with Crippen molar-refractivity contribution in [2.45, 2.75) is 27.2 Å². The second-order valence-electron chi connectivity index (χ2n) is 6.15. The number of rotatable bonds is 7. The van der Waals surface area contributed by atoms with Gasteiger partial charge in [-0.25, -0.2) is 4.98 Å².